The van der Waals surface area contributed by atoms with Crippen LogP contribution in [0.1, 0.15) is 23.6 Å². The molecule has 0 bridgehead atoms. The summed E-state index contributed by atoms with van der Waals surface area (Å²) in [5.41, 5.74) is -5.81. The van der Waals surface area contributed by atoms with E-state index in [1.807, 2.05) is 5.32 Å². The van der Waals surface area contributed by atoms with E-state index in [0.29, 0.717) is 18.3 Å². The number of rotatable bonds is 5. The topological polar surface area (TPSA) is 103 Å². The molecule has 2 aromatic rings. The van der Waals surface area contributed by atoms with Crippen molar-refractivity contribution >= 4 is 22.4 Å². The van der Waals surface area contributed by atoms with Crippen molar-refractivity contribution in [1.29, 1.82) is 5.26 Å². The Morgan fingerprint density at radius 1 is 1.16 bits per heavy atom. The van der Waals surface area contributed by atoms with Crippen LogP contribution >= 0.6 is 0 Å². The summed E-state index contributed by atoms with van der Waals surface area (Å²) in [5.74, 6) is -2.01. The Labute approximate surface area is 174 Å². The van der Waals surface area contributed by atoms with Crippen LogP contribution in [-0.2, 0) is 27.9 Å². The number of amides is 1. The highest BCUT2D eigenvalue weighted by molar-refractivity contribution is 7.85. The minimum Gasteiger partial charge on any atom is -0.379 e. The average Bonchev–Trinajstić information content (AvgIpc) is 2.66. The number of aliphatic hydroxyl groups is 1. The van der Waals surface area contributed by atoms with Crippen molar-refractivity contribution < 1.29 is 40.5 Å². The standard InChI is InChI=1S/C18H13F6N3O3S/c1-16(29,9-31(30)14-5-3-11(8-26-14)17(19,20)21)15(28)27-12-4-2-10(7-25)13(6-12)18(22,23)24/h2-6,8,29H,9H2,1H3,(H,27,28). The van der Waals surface area contributed by atoms with Gasteiger partial charge >= 0.3 is 12.4 Å². The van der Waals surface area contributed by atoms with Crippen molar-refractivity contribution in [3.05, 3.63) is 53.2 Å². The first-order valence-electron chi connectivity index (χ1n) is 8.22. The number of nitriles is 1. The number of alkyl halides is 6. The van der Waals surface area contributed by atoms with Crippen LogP contribution in [0, 0.1) is 11.3 Å². The van der Waals surface area contributed by atoms with Gasteiger partial charge in [-0.25, -0.2) is 4.98 Å². The second-order valence-electron chi connectivity index (χ2n) is 6.47. The quantitative estimate of drug-likeness (QED) is 0.659. The lowest BCUT2D eigenvalue weighted by Crippen LogP contribution is -2.44. The van der Waals surface area contributed by atoms with E-state index in [4.69, 9.17) is 5.26 Å². The summed E-state index contributed by atoms with van der Waals surface area (Å²) in [5, 5.41) is 20.8. The van der Waals surface area contributed by atoms with Crippen molar-refractivity contribution in [3.63, 3.8) is 0 Å². The third-order valence-electron chi connectivity index (χ3n) is 3.90. The van der Waals surface area contributed by atoms with Gasteiger partial charge in [-0.15, -0.1) is 0 Å². The van der Waals surface area contributed by atoms with Crippen molar-refractivity contribution in [1.82, 2.24) is 4.98 Å². The minimum atomic E-state index is -4.87. The SMILES string of the molecule is CC(O)(CS(=O)c1ccc(C(F)(F)F)cn1)C(=O)Nc1ccc(C#N)c(C(F)(F)F)c1. The van der Waals surface area contributed by atoms with Crippen LogP contribution < -0.4 is 5.32 Å². The summed E-state index contributed by atoms with van der Waals surface area (Å²) >= 11 is 0. The van der Waals surface area contributed by atoms with Crippen molar-refractivity contribution in [3.8, 4) is 6.07 Å². The predicted molar refractivity (Wildman–Crippen MR) is 95.9 cm³/mol. The Morgan fingerprint density at radius 3 is 2.29 bits per heavy atom. The number of pyridine rings is 1. The number of anilines is 1. The number of carbonyl (C=O) groups excluding carboxylic acids is 1. The fourth-order valence-corrected chi connectivity index (χ4v) is 3.48. The normalized spacial score (nSPS) is 14.9. The second-order valence-corrected chi connectivity index (χ2v) is 7.87. The molecule has 0 spiro atoms. The van der Waals surface area contributed by atoms with Crippen molar-refractivity contribution in [2.75, 3.05) is 11.1 Å². The van der Waals surface area contributed by atoms with E-state index < -0.39 is 57.1 Å². The molecule has 0 radical (unpaired) electrons. The first-order chi connectivity index (χ1) is 14.1. The molecule has 0 aliphatic rings. The monoisotopic (exact) mass is 465 g/mol. The average molecular weight is 465 g/mol. The Kier molecular flexibility index (Phi) is 6.77. The number of carbonyl (C=O) groups is 1. The maximum atomic E-state index is 13.0. The Hall–Kier alpha value is -2.98. The first kappa shape index (κ1) is 24.3. The molecule has 0 saturated carbocycles. The van der Waals surface area contributed by atoms with Gasteiger partial charge in [-0.3, -0.25) is 9.00 Å². The van der Waals surface area contributed by atoms with Gasteiger partial charge in [0.25, 0.3) is 5.91 Å². The summed E-state index contributed by atoms with van der Waals surface area (Å²) in [4.78, 5) is 15.7. The lowest BCUT2D eigenvalue weighted by atomic mass is 10.1. The molecular weight excluding hydrogens is 452 g/mol. The van der Waals surface area contributed by atoms with E-state index in [1.165, 1.54) is 6.07 Å². The predicted octanol–water partition coefficient (Wildman–Crippen LogP) is 3.49. The van der Waals surface area contributed by atoms with Crippen molar-refractivity contribution in [2.24, 2.45) is 0 Å². The zero-order valence-corrected chi connectivity index (χ0v) is 16.3. The van der Waals surface area contributed by atoms with Crippen LogP contribution in [0.25, 0.3) is 0 Å². The molecule has 13 heteroatoms. The highest BCUT2D eigenvalue weighted by atomic mass is 32.2. The van der Waals surface area contributed by atoms with E-state index in [0.717, 1.165) is 25.1 Å². The van der Waals surface area contributed by atoms with Crippen LogP contribution in [0.2, 0.25) is 0 Å². The molecule has 2 N–H and O–H groups in total. The van der Waals surface area contributed by atoms with Crippen LogP contribution in [0.5, 0.6) is 0 Å². The molecule has 0 saturated heterocycles. The van der Waals surface area contributed by atoms with Gasteiger partial charge in [0.1, 0.15) is 5.03 Å². The Bertz CT molecular complexity index is 1040. The smallest absolute Gasteiger partial charge is 0.379 e. The zero-order valence-electron chi connectivity index (χ0n) is 15.5. The van der Waals surface area contributed by atoms with E-state index in [1.54, 1.807) is 0 Å². The number of hydrogen-bond donors (Lipinski definition) is 2. The summed E-state index contributed by atoms with van der Waals surface area (Å²) in [7, 11) is -2.20. The highest BCUT2D eigenvalue weighted by Gasteiger charge is 2.36. The molecule has 1 amide bonds. The second kappa shape index (κ2) is 8.64. The van der Waals surface area contributed by atoms with Crippen molar-refractivity contribution in [2.45, 2.75) is 29.9 Å². The van der Waals surface area contributed by atoms with Gasteiger partial charge in [-0.05, 0) is 37.3 Å². The molecule has 2 unspecified atom stereocenters. The molecule has 0 aliphatic carbocycles. The number of nitrogens with one attached hydrogen (secondary N) is 1. The number of nitrogens with zero attached hydrogens (tertiary/aromatic N) is 2. The fourth-order valence-electron chi connectivity index (χ4n) is 2.30. The first-order valence-corrected chi connectivity index (χ1v) is 9.54. The molecule has 0 fully saturated rings. The zero-order chi connectivity index (χ0) is 23.6. The maximum absolute atomic E-state index is 13.0. The molecule has 2 rings (SSSR count). The lowest BCUT2D eigenvalue weighted by Gasteiger charge is -2.22. The number of hydrogen-bond acceptors (Lipinski definition) is 5. The van der Waals surface area contributed by atoms with Gasteiger partial charge in [0.15, 0.2) is 5.60 Å². The molecule has 31 heavy (non-hydrogen) atoms. The van der Waals surface area contributed by atoms with Gasteiger partial charge in [0.2, 0.25) is 0 Å². The third kappa shape index (κ3) is 6.02. The lowest BCUT2D eigenvalue weighted by molar-refractivity contribution is -0.138. The Balaban J connectivity index is 2.16. The number of aromatic nitrogens is 1. The highest BCUT2D eigenvalue weighted by Crippen LogP contribution is 2.34. The van der Waals surface area contributed by atoms with Gasteiger partial charge in [0, 0.05) is 11.9 Å². The molecule has 166 valence electrons. The van der Waals surface area contributed by atoms with Gasteiger partial charge in [-0.1, -0.05) is 0 Å². The van der Waals surface area contributed by atoms with Crippen LogP contribution in [0.15, 0.2) is 41.6 Å². The third-order valence-corrected chi connectivity index (χ3v) is 5.43. The number of benzene rings is 1. The largest absolute Gasteiger partial charge is 0.417 e. The van der Waals surface area contributed by atoms with E-state index in [2.05, 4.69) is 4.98 Å². The minimum absolute atomic E-state index is 0.334. The van der Waals surface area contributed by atoms with Gasteiger partial charge < -0.3 is 10.4 Å². The molecular formula is C18H13F6N3O3S. The van der Waals surface area contributed by atoms with Gasteiger partial charge in [-0.2, -0.15) is 31.6 Å². The van der Waals surface area contributed by atoms with Crippen LogP contribution in [0.4, 0.5) is 32.0 Å². The van der Waals surface area contributed by atoms with Gasteiger partial charge in [0.05, 0.1) is 39.3 Å². The summed E-state index contributed by atoms with van der Waals surface area (Å²) in [6, 6.07) is 5.16. The molecule has 6 nitrogen and oxygen atoms in total. The summed E-state index contributed by atoms with van der Waals surface area (Å²) in [6.45, 7) is 0.929. The Morgan fingerprint density at radius 2 is 1.81 bits per heavy atom. The molecule has 1 aromatic heterocycles. The van der Waals surface area contributed by atoms with Crippen LogP contribution in [-0.4, -0.2) is 31.6 Å². The van der Waals surface area contributed by atoms with E-state index >= 15 is 0 Å². The summed E-state index contributed by atoms with van der Waals surface area (Å²) < 4.78 is 89.0. The maximum Gasteiger partial charge on any atom is 0.417 e. The fraction of sp³-hybridized carbons (Fsp3) is 0.278. The van der Waals surface area contributed by atoms with Crippen LogP contribution in [0.3, 0.4) is 0 Å². The van der Waals surface area contributed by atoms with E-state index in [-0.39, 0.29) is 10.7 Å². The van der Waals surface area contributed by atoms with E-state index in [9.17, 15) is 40.5 Å². The molecule has 1 aromatic carbocycles. The number of halogens is 6. The molecule has 0 aliphatic heterocycles. The summed E-state index contributed by atoms with van der Waals surface area (Å²) in [6.07, 6.45) is -9.09. The molecule has 1 heterocycles. The molecule has 2 atom stereocenters.